The number of carbonyl (C=O) groups is 2. The Morgan fingerprint density at radius 1 is 1.10 bits per heavy atom. The Morgan fingerprint density at radius 3 is 2.48 bits per heavy atom. The molecule has 2 aromatic rings. The second-order valence-corrected chi connectivity index (χ2v) is 5.68. The van der Waals surface area contributed by atoms with E-state index in [1.807, 2.05) is 42.5 Å². The summed E-state index contributed by atoms with van der Waals surface area (Å²) in [6, 6.07) is 14.7. The van der Waals surface area contributed by atoms with Gasteiger partial charge in [-0.1, -0.05) is 36.0 Å². The maximum Gasteiger partial charge on any atom is 0.308 e. The van der Waals surface area contributed by atoms with E-state index in [9.17, 15) is 9.59 Å². The van der Waals surface area contributed by atoms with Crippen molar-refractivity contribution in [2.45, 2.75) is 11.8 Å². The number of hydrogen-bond donors (Lipinski definition) is 0. The standard InChI is InChI=1S/C17H12O3S/c1-11(18)20-13-8-6-12(7-9-13)10-16-17(19)14-4-2-3-5-15(14)21-16/h2-10H,1H3. The van der Waals surface area contributed by atoms with Gasteiger partial charge in [-0.3, -0.25) is 9.59 Å². The number of thioether (sulfide) groups is 1. The third-order valence-electron chi connectivity index (χ3n) is 3.01. The van der Waals surface area contributed by atoms with Crippen molar-refractivity contribution < 1.29 is 14.3 Å². The molecule has 3 nitrogen and oxygen atoms in total. The van der Waals surface area contributed by atoms with E-state index in [-0.39, 0.29) is 11.8 Å². The molecule has 0 N–H and O–H groups in total. The maximum atomic E-state index is 12.3. The van der Waals surface area contributed by atoms with E-state index in [2.05, 4.69) is 0 Å². The van der Waals surface area contributed by atoms with Crippen LogP contribution in [0.3, 0.4) is 0 Å². The molecule has 0 aromatic heterocycles. The zero-order chi connectivity index (χ0) is 14.8. The lowest BCUT2D eigenvalue weighted by molar-refractivity contribution is -0.131. The Morgan fingerprint density at radius 2 is 1.81 bits per heavy atom. The molecule has 1 aliphatic rings. The number of allylic oxidation sites excluding steroid dienone is 1. The topological polar surface area (TPSA) is 43.4 Å². The predicted molar refractivity (Wildman–Crippen MR) is 82.4 cm³/mol. The maximum absolute atomic E-state index is 12.3. The number of fused-ring (bicyclic) bond motifs is 1. The molecule has 0 saturated carbocycles. The molecular weight excluding hydrogens is 284 g/mol. The molecule has 104 valence electrons. The first kappa shape index (κ1) is 13.6. The number of Topliss-reactive ketones (excluding diaryl/α,β-unsaturated/α-hetero) is 1. The van der Waals surface area contributed by atoms with Crippen LogP contribution >= 0.6 is 11.8 Å². The lowest BCUT2D eigenvalue weighted by atomic mass is 10.1. The summed E-state index contributed by atoms with van der Waals surface area (Å²) in [7, 11) is 0. The number of ketones is 1. The van der Waals surface area contributed by atoms with Gasteiger partial charge in [0.15, 0.2) is 0 Å². The number of esters is 1. The molecule has 0 bridgehead atoms. The van der Waals surface area contributed by atoms with Crippen molar-refractivity contribution in [1.29, 1.82) is 0 Å². The highest BCUT2D eigenvalue weighted by atomic mass is 32.2. The molecule has 0 aliphatic carbocycles. The van der Waals surface area contributed by atoms with E-state index in [0.717, 1.165) is 16.0 Å². The zero-order valence-electron chi connectivity index (χ0n) is 11.3. The van der Waals surface area contributed by atoms with Crippen LogP contribution in [-0.4, -0.2) is 11.8 Å². The van der Waals surface area contributed by atoms with Crippen molar-refractivity contribution >= 4 is 29.6 Å². The molecule has 0 fully saturated rings. The summed E-state index contributed by atoms with van der Waals surface area (Å²) in [5, 5.41) is 0. The first-order valence-electron chi connectivity index (χ1n) is 6.45. The molecule has 0 atom stereocenters. The van der Waals surface area contributed by atoms with Crippen molar-refractivity contribution in [2.75, 3.05) is 0 Å². The fourth-order valence-corrected chi connectivity index (χ4v) is 3.14. The van der Waals surface area contributed by atoms with E-state index >= 15 is 0 Å². The number of benzene rings is 2. The van der Waals surface area contributed by atoms with Gasteiger partial charge in [0.2, 0.25) is 5.78 Å². The van der Waals surface area contributed by atoms with E-state index in [1.54, 1.807) is 12.1 Å². The van der Waals surface area contributed by atoms with Gasteiger partial charge in [-0.2, -0.15) is 0 Å². The summed E-state index contributed by atoms with van der Waals surface area (Å²) in [5.41, 5.74) is 1.65. The third kappa shape index (κ3) is 2.90. The summed E-state index contributed by atoms with van der Waals surface area (Å²) < 4.78 is 4.98. The van der Waals surface area contributed by atoms with Crippen LogP contribution < -0.4 is 4.74 Å². The summed E-state index contributed by atoms with van der Waals surface area (Å²) in [6.45, 7) is 1.36. The molecule has 0 unspecified atom stereocenters. The lowest BCUT2D eigenvalue weighted by Crippen LogP contribution is -2.00. The fourth-order valence-electron chi connectivity index (χ4n) is 2.09. The predicted octanol–water partition coefficient (Wildman–Crippen LogP) is 3.94. The highest BCUT2D eigenvalue weighted by Crippen LogP contribution is 2.40. The first-order valence-corrected chi connectivity index (χ1v) is 7.27. The van der Waals surface area contributed by atoms with Gasteiger partial charge in [0.25, 0.3) is 0 Å². The van der Waals surface area contributed by atoms with Gasteiger partial charge in [0, 0.05) is 17.4 Å². The molecule has 0 radical (unpaired) electrons. The van der Waals surface area contributed by atoms with Crippen molar-refractivity contribution in [2.24, 2.45) is 0 Å². The fraction of sp³-hybridized carbons (Fsp3) is 0.0588. The SMILES string of the molecule is CC(=O)Oc1ccc(C=C2Sc3ccccc3C2=O)cc1. The van der Waals surface area contributed by atoms with Crippen LogP contribution in [0.15, 0.2) is 58.3 Å². The Labute approximate surface area is 126 Å². The minimum Gasteiger partial charge on any atom is -0.427 e. The van der Waals surface area contributed by atoms with E-state index in [0.29, 0.717) is 10.7 Å². The summed E-state index contributed by atoms with van der Waals surface area (Å²) in [6.07, 6.45) is 1.85. The molecule has 3 rings (SSSR count). The minimum atomic E-state index is -0.349. The quantitative estimate of drug-likeness (QED) is 0.478. The molecule has 1 aliphatic heterocycles. The number of rotatable bonds is 2. The van der Waals surface area contributed by atoms with E-state index in [4.69, 9.17) is 4.74 Å². The third-order valence-corrected chi connectivity index (χ3v) is 4.11. The van der Waals surface area contributed by atoms with Crippen LogP contribution in [0.5, 0.6) is 5.75 Å². The normalized spacial score (nSPS) is 15.1. The van der Waals surface area contributed by atoms with Crippen molar-refractivity contribution in [3.05, 3.63) is 64.6 Å². The van der Waals surface area contributed by atoms with Gasteiger partial charge in [0.1, 0.15) is 5.75 Å². The average Bonchev–Trinajstić information content (AvgIpc) is 2.78. The zero-order valence-corrected chi connectivity index (χ0v) is 12.1. The second-order valence-electron chi connectivity index (χ2n) is 4.60. The Bertz CT molecular complexity index is 745. The van der Waals surface area contributed by atoms with Crippen LogP contribution in [0.25, 0.3) is 6.08 Å². The Hall–Kier alpha value is -2.33. The van der Waals surface area contributed by atoms with Crippen LogP contribution in [0.2, 0.25) is 0 Å². The molecule has 0 amide bonds. The van der Waals surface area contributed by atoms with Crippen molar-refractivity contribution in [3.8, 4) is 5.75 Å². The molecular formula is C17H12O3S. The monoisotopic (exact) mass is 296 g/mol. The Kier molecular flexibility index (Phi) is 3.62. The van der Waals surface area contributed by atoms with Crippen LogP contribution in [-0.2, 0) is 4.79 Å². The summed E-state index contributed by atoms with van der Waals surface area (Å²) in [5.74, 6) is 0.205. The summed E-state index contributed by atoms with van der Waals surface area (Å²) in [4.78, 5) is 24.8. The minimum absolute atomic E-state index is 0.0552. The largest absolute Gasteiger partial charge is 0.427 e. The molecule has 4 heteroatoms. The van der Waals surface area contributed by atoms with Gasteiger partial charge in [-0.05, 0) is 35.9 Å². The number of hydrogen-bond acceptors (Lipinski definition) is 4. The van der Waals surface area contributed by atoms with Crippen molar-refractivity contribution in [3.63, 3.8) is 0 Å². The summed E-state index contributed by atoms with van der Waals surface area (Å²) >= 11 is 1.48. The molecule has 0 spiro atoms. The average molecular weight is 296 g/mol. The highest BCUT2D eigenvalue weighted by Gasteiger charge is 2.24. The van der Waals surface area contributed by atoms with Gasteiger partial charge in [-0.15, -0.1) is 0 Å². The lowest BCUT2D eigenvalue weighted by Gasteiger charge is -2.01. The van der Waals surface area contributed by atoms with Gasteiger partial charge in [-0.25, -0.2) is 0 Å². The van der Waals surface area contributed by atoms with E-state index < -0.39 is 0 Å². The van der Waals surface area contributed by atoms with Crippen LogP contribution in [0, 0.1) is 0 Å². The van der Waals surface area contributed by atoms with E-state index in [1.165, 1.54) is 18.7 Å². The second kappa shape index (κ2) is 5.58. The Balaban J connectivity index is 1.84. The molecule has 2 aromatic carbocycles. The van der Waals surface area contributed by atoms with Gasteiger partial charge < -0.3 is 4.74 Å². The first-order chi connectivity index (χ1) is 10.1. The number of carbonyl (C=O) groups excluding carboxylic acids is 2. The molecule has 21 heavy (non-hydrogen) atoms. The van der Waals surface area contributed by atoms with Crippen molar-refractivity contribution in [1.82, 2.24) is 0 Å². The highest BCUT2D eigenvalue weighted by molar-refractivity contribution is 8.04. The van der Waals surface area contributed by atoms with Crippen LogP contribution in [0.1, 0.15) is 22.8 Å². The molecule has 1 heterocycles. The van der Waals surface area contributed by atoms with Gasteiger partial charge >= 0.3 is 5.97 Å². The number of ether oxygens (including phenoxy) is 1. The van der Waals surface area contributed by atoms with Gasteiger partial charge in [0.05, 0.1) is 4.91 Å². The van der Waals surface area contributed by atoms with Crippen LogP contribution in [0.4, 0.5) is 0 Å². The smallest absolute Gasteiger partial charge is 0.308 e. The molecule has 0 saturated heterocycles.